The number of likely N-dealkylation sites (tertiary alicyclic amines) is 1. The lowest BCUT2D eigenvalue weighted by Gasteiger charge is -2.26. The van der Waals surface area contributed by atoms with Crippen molar-refractivity contribution < 1.29 is 19.2 Å². The molecule has 2 aliphatic heterocycles. The summed E-state index contributed by atoms with van der Waals surface area (Å²) >= 11 is 5.83. The lowest BCUT2D eigenvalue weighted by atomic mass is 10.0. The molecule has 2 aromatic carbocycles. The predicted molar refractivity (Wildman–Crippen MR) is 108 cm³/mol. The number of nitrogens with one attached hydrogen (secondary N) is 1. The molecule has 152 valence electrons. The summed E-state index contributed by atoms with van der Waals surface area (Å²) in [5.74, 6) is 1.15. The molecule has 0 radical (unpaired) electrons. The fourth-order valence-corrected chi connectivity index (χ4v) is 3.96. The van der Waals surface area contributed by atoms with E-state index in [0.717, 1.165) is 36.4 Å². The summed E-state index contributed by atoms with van der Waals surface area (Å²) in [5.41, 5.74) is 0.979. The number of benzene rings is 2. The number of rotatable bonds is 5. The van der Waals surface area contributed by atoms with E-state index < -0.39 is 4.92 Å². The van der Waals surface area contributed by atoms with Crippen LogP contribution in [0.3, 0.4) is 0 Å². The Kier molecular flexibility index (Phi) is 5.55. The first-order chi connectivity index (χ1) is 14.0. The van der Waals surface area contributed by atoms with Gasteiger partial charge >= 0.3 is 0 Å². The Balaban J connectivity index is 1.46. The Bertz CT molecular complexity index is 952. The van der Waals surface area contributed by atoms with Crippen LogP contribution in [-0.4, -0.2) is 42.0 Å². The highest BCUT2D eigenvalue weighted by molar-refractivity contribution is 6.31. The van der Waals surface area contributed by atoms with Gasteiger partial charge in [0.25, 0.3) is 5.69 Å². The second-order valence-electron chi connectivity index (χ2n) is 7.00. The molecule has 1 N–H and O–H groups in total. The maximum absolute atomic E-state index is 12.6. The first kappa shape index (κ1) is 19.5. The van der Waals surface area contributed by atoms with E-state index in [1.54, 1.807) is 0 Å². The van der Waals surface area contributed by atoms with Crippen LogP contribution in [0.2, 0.25) is 5.02 Å². The average molecular weight is 418 g/mol. The van der Waals surface area contributed by atoms with Gasteiger partial charge in [-0.15, -0.1) is 0 Å². The standard InChI is InChI=1S/C20H20ClN3O5/c21-14-4-5-15(17(11-14)24(26)27)22-20(25)12-23-7-1-2-16(23)13-3-6-18-19(10-13)29-9-8-28-18/h3-6,10-11,16H,1-2,7-9,12H2,(H,22,25)/t16-/m0/s1. The molecule has 2 aliphatic rings. The van der Waals surface area contributed by atoms with Crippen LogP contribution >= 0.6 is 11.6 Å². The van der Waals surface area contributed by atoms with Crippen molar-refractivity contribution in [3.8, 4) is 11.5 Å². The van der Waals surface area contributed by atoms with Crippen LogP contribution in [0.5, 0.6) is 11.5 Å². The monoisotopic (exact) mass is 417 g/mol. The van der Waals surface area contributed by atoms with Crippen LogP contribution in [0, 0.1) is 10.1 Å². The molecule has 0 aromatic heterocycles. The summed E-state index contributed by atoms with van der Waals surface area (Å²) in [6, 6.07) is 10.1. The van der Waals surface area contributed by atoms with Gasteiger partial charge in [0.05, 0.1) is 11.5 Å². The molecule has 1 fully saturated rings. The molecule has 2 heterocycles. The molecule has 0 spiro atoms. The molecule has 9 heteroatoms. The van der Waals surface area contributed by atoms with Crippen LogP contribution in [0.4, 0.5) is 11.4 Å². The van der Waals surface area contributed by atoms with E-state index in [9.17, 15) is 14.9 Å². The normalized spacial score (nSPS) is 18.4. The highest BCUT2D eigenvalue weighted by atomic mass is 35.5. The minimum absolute atomic E-state index is 0.0804. The number of anilines is 1. The molecule has 4 rings (SSSR count). The summed E-state index contributed by atoms with van der Waals surface area (Å²) in [7, 11) is 0. The van der Waals surface area contributed by atoms with E-state index in [-0.39, 0.29) is 34.9 Å². The molecule has 0 bridgehead atoms. The van der Waals surface area contributed by atoms with Crippen molar-refractivity contribution >= 4 is 28.9 Å². The Labute approximate surface area is 172 Å². The molecule has 1 amide bonds. The number of nitrogens with zero attached hydrogens (tertiary/aromatic N) is 2. The van der Waals surface area contributed by atoms with Gasteiger partial charge < -0.3 is 14.8 Å². The number of carbonyl (C=O) groups is 1. The fourth-order valence-electron chi connectivity index (χ4n) is 3.80. The lowest BCUT2D eigenvalue weighted by Crippen LogP contribution is -2.33. The van der Waals surface area contributed by atoms with E-state index in [0.29, 0.717) is 13.2 Å². The van der Waals surface area contributed by atoms with Gasteiger partial charge in [0, 0.05) is 17.1 Å². The van der Waals surface area contributed by atoms with E-state index in [2.05, 4.69) is 10.2 Å². The third-order valence-corrected chi connectivity index (χ3v) is 5.33. The number of amides is 1. The van der Waals surface area contributed by atoms with E-state index in [1.807, 2.05) is 18.2 Å². The molecular formula is C20H20ClN3O5. The molecule has 8 nitrogen and oxygen atoms in total. The van der Waals surface area contributed by atoms with Crippen molar-refractivity contribution in [1.29, 1.82) is 0 Å². The zero-order valence-corrected chi connectivity index (χ0v) is 16.4. The molecule has 29 heavy (non-hydrogen) atoms. The highest BCUT2D eigenvalue weighted by Crippen LogP contribution is 2.38. The van der Waals surface area contributed by atoms with Crippen LogP contribution in [0.25, 0.3) is 0 Å². The van der Waals surface area contributed by atoms with E-state index in [1.165, 1.54) is 18.2 Å². The summed E-state index contributed by atoms with van der Waals surface area (Å²) in [4.78, 5) is 25.3. The largest absolute Gasteiger partial charge is 0.486 e. The molecule has 0 unspecified atom stereocenters. The van der Waals surface area contributed by atoms with Gasteiger partial charge in [-0.1, -0.05) is 17.7 Å². The Morgan fingerprint density at radius 2 is 2.00 bits per heavy atom. The molecule has 0 saturated carbocycles. The van der Waals surface area contributed by atoms with E-state index >= 15 is 0 Å². The quantitative estimate of drug-likeness (QED) is 0.587. The fraction of sp³-hybridized carbons (Fsp3) is 0.350. The van der Waals surface area contributed by atoms with Gasteiger partial charge in [-0.05, 0) is 49.2 Å². The first-order valence-electron chi connectivity index (χ1n) is 9.38. The number of carbonyl (C=O) groups excluding carboxylic acids is 1. The van der Waals surface area contributed by atoms with E-state index in [4.69, 9.17) is 21.1 Å². The van der Waals surface area contributed by atoms with Crippen molar-refractivity contribution in [1.82, 2.24) is 4.90 Å². The second kappa shape index (κ2) is 8.26. The smallest absolute Gasteiger partial charge is 0.294 e. The average Bonchev–Trinajstić information content (AvgIpc) is 3.16. The minimum atomic E-state index is -0.560. The molecule has 1 atom stereocenters. The van der Waals surface area contributed by atoms with Gasteiger partial charge in [-0.2, -0.15) is 0 Å². The summed E-state index contributed by atoms with van der Waals surface area (Å²) < 4.78 is 11.2. The van der Waals surface area contributed by atoms with Crippen LogP contribution < -0.4 is 14.8 Å². The van der Waals surface area contributed by atoms with Crippen molar-refractivity contribution in [2.75, 3.05) is 31.6 Å². The predicted octanol–water partition coefficient (Wildman–Crippen LogP) is 3.80. The lowest BCUT2D eigenvalue weighted by molar-refractivity contribution is -0.383. The van der Waals surface area contributed by atoms with Gasteiger partial charge in [-0.3, -0.25) is 19.8 Å². The number of hydrogen-bond acceptors (Lipinski definition) is 6. The molecule has 2 aromatic rings. The Morgan fingerprint density at radius 1 is 1.21 bits per heavy atom. The number of nitro benzene ring substituents is 1. The number of nitro groups is 1. The minimum Gasteiger partial charge on any atom is -0.486 e. The first-order valence-corrected chi connectivity index (χ1v) is 9.76. The number of hydrogen-bond donors (Lipinski definition) is 1. The topological polar surface area (TPSA) is 93.9 Å². The summed E-state index contributed by atoms with van der Waals surface area (Å²) in [5, 5.41) is 14.1. The zero-order chi connectivity index (χ0) is 20.4. The number of fused-ring (bicyclic) bond motifs is 1. The molecular weight excluding hydrogens is 398 g/mol. The third-order valence-electron chi connectivity index (χ3n) is 5.09. The van der Waals surface area contributed by atoms with Gasteiger partial charge in [0.2, 0.25) is 5.91 Å². The van der Waals surface area contributed by atoms with Gasteiger partial charge in [0.15, 0.2) is 11.5 Å². The molecule has 0 aliphatic carbocycles. The second-order valence-corrected chi connectivity index (χ2v) is 7.43. The number of ether oxygens (including phenoxy) is 2. The Hall–Kier alpha value is -2.84. The number of halogens is 1. The highest BCUT2D eigenvalue weighted by Gasteiger charge is 2.29. The van der Waals surface area contributed by atoms with Crippen LogP contribution in [0.15, 0.2) is 36.4 Å². The maximum Gasteiger partial charge on any atom is 0.294 e. The van der Waals surface area contributed by atoms with Crippen molar-refractivity contribution in [2.45, 2.75) is 18.9 Å². The van der Waals surface area contributed by atoms with Crippen molar-refractivity contribution in [3.05, 3.63) is 57.1 Å². The van der Waals surface area contributed by atoms with Crippen molar-refractivity contribution in [3.63, 3.8) is 0 Å². The Morgan fingerprint density at radius 3 is 2.79 bits per heavy atom. The molecule has 1 saturated heterocycles. The zero-order valence-electron chi connectivity index (χ0n) is 15.6. The van der Waals surface area contributed by atoms with Crippen LogP contribution in [0.1, 0.15) is 24.4 Å². The third kappa shape index (κ3) is 4.28. The van der Waals surface area contributed by atoms with Crippen molar-refractivity contribution in [2.24, 2.45) is 0 Å². The SMILES string of the molecule is O=C(CN1CCC[C@H]1c1ccc2c(c1)OCCO2)Nc1ccc(Cl)cc1[N+](=O)[O-]. The maximum atomic E-state index is 12.6. The van der Waals surface area contributed by atoms with Gasteiger partial charge in [-0.25, -0.2) is 0 Å². The van der Waals surface area contributed by atoms with Gasteiger partial charge in [0.1, 0.15) is 18.9 Å². The summed E-state index contributed by atoms with van der Waals surface area (Å²) in [6.07, 6.45) is 1.89. The van der Waals surface area contributed by atoms with Crippen LogP contribution in [-0.2, 0) is 4.79 Å². The summed E-state index contributed by atoms with van der Waals surface area (Å²) in [6.45, 7) is 1.97.